The molecule has 6 atom stereocenters. The second-order valence-corrected chi connectivity index (χ2v) is 11.0. The van der Waals surface area contributed by atoms with Gasteiger partial charge >= 0.3 is 12.5 Å². The Labute approximate surface area is 228 Å². The molecule has 0 bridgehead atoms. The Morgan fingerprint density at radius 2 is 1.77 bits per heavy atom. The molecule has 2 aliphatic carbocycles. The lowest BCUT2D eigenvalue weighted by Crippen LogP contribution is -2.60. The van der Waals surface area contributed by atoms with Crippen LogP contribution in [0.25, 0.3) is 0 Å². The molecule has 10 nitrogen and oxygen atoms in total. The Balaban J connectivity index is 1.72. The number of alkyl halides is 5. The Morgan fingerprint density at radius 1 is 1.10 bits per heavy atom. The molecule has 4 aliphatic rings. The second kappa shape index (κ2) is 8.59. The number of carbonyl (C=O) groups excluding carboxylic acids is 5. The van der Waals surface area contributed by atoms with E-state index in [1.54, 1.807) is 0 Å². The third-order valence-corrected chi connectivity index (χ3v) is 9.33. The molecule has 2 heterocycles. The monoisotopic (exact) mass is 590 g/mol. The number of benzene rings is 1. The number of imide groups is 4. The number of allylic oxidation sites excluding steroid dienone is 2. The molecule has 39 heavy (non-hydrogen) atoms. The van der Waals surface area contributed by atoms with E-state index in [-0.39, 0.29) is 17.6 Å². The van der Waals surface area contributed by atoms with Gasteiger partial charge in [0.1, 0.15) is 11.5 Å². The average molecular weight is 591 g/mol. The predicted octanol–water partition coefficient (Wildman–Crippen LogP) is 3.05. The molecule has 1 N–H and O–H groups in total. The molecule has 1 saturated carbocycles. The quantitative estimate of drug-likeness (QED) is 0.316. The number of nitrogens with zero attached hydrogens (tertiary/aromatic N) is 2. The lowest BCUT2D eigenvalue weighted by atomic mass is 9.56. The molecule has 0 radical (unpaired) electrons. The Bertz CT molecular complexity index is 1380. The van der Waals surface area contributed by atoms with Crippen LogP contribution in [-0.4, -0.2) is 74.9 Å². The van der Waals surface area contributed by atoms with Crippen molar-refractivity contribution in [1.82, 2.24) is 9.80 Å². The van der Waals surface area contributed by atoms with Crippen LogP contribution < -0.4 is 4.74 Å². The molecule has 2 aliphatic heterocycles. The first-order valence-corrected chi connectivity index (χ1v) is 12.3. The smallest absolute Gasteiger partial charge is 0.508 e. The van der Waals surface area contributed by atoms with Crippen molar-refractivity contribution in [3.05, 3.63) is 35.4 Å². The maximum absolute atomic E-state index is 13.5. The Hall–Kier alpha value is -3.32. The normalized spacial score (nSPS) is 34.0. The van der Waals surface area contributed by atoms with Crippen molar-refractivity contribution in [2.75, 3.05) is 14.2 Å². The molecule has 208 valence electrons. The van der Waals surface area contributed by atoms with E-state index in [9.17, 15) is 42.3 Å². The predicted molar refractivity (Wildman–Crippen MR) is 125 cm³/mol. The summed E-state index contributed by atoms with van der Waals surface area (Å²) in [5.41, 5.74) is -0.115. The zero-order valence-corrected chi connectivity index (χ0v) is 21.6. The van der Waals surface area contributed by atoms with Crippen LogP contribution in [0.15, 0.2) is 29.8 Å². The van der Waals surface area contributed by atoms with Crippen LogP contribution in [0.1, 0.15) is 24.3 Å². The van der Waals surface area contributed by atoms with Crippen LogP contribution in [0.5, 0.6) is 11.5 Å². The number of fused-ring (bicyclic) bond motifs is 4. The van der Waals surface area contributed by atoms with E-state index in [0.717, 1.165) is 32.4 Å². The van der Waals surface area contributed by atoms with E-state index < -0.39 is 87.4 Å². The summed E-state index contributed by atoms with van der Waals surface area (Å²) in [5, 5.41) is 10.8. The Kier molecular flexibility index (Phi) is 6.00. The number of amides is 5. The third-order valence-electron chi connectivity index (χ3n) is 7.92. The lowest BCUT2D eigenvalue weighted by Gasteiger charge is -2.50. The first-order chi connectivity index (χ1) is 18.1. The van der Waals surface area contributed by atoms with Gasteiger partial charge in [0.15, 0.2) is 9.75 Å². The minimum absolute atomic E-state index is 0.106. The fourth-order valence-corrected chi connectivity index (χ4v) is 7.33. The average Bonchev–Trinajstić information content (AvgIpc) is 3.19. The van der Waals surface area contributed by atoms with E-state index >= 15 is 0 Å². The van der Waals surface area contributed by atoms with Gasteiger partial charge in [0.25, 0.3) is 11.8 Å². The topological polar surface area (TPSA) is 131 Å². The highest BCUT2D eigenvalue weighted by Gasteiger charge is 2.76. The first-order valence-electron chi connectivity index (χ1n) is 11.5. The highest BCUT2D eigenvalue weighted by Crippen LogP contribution is 2.66. The van der Waals surface area contributed by atoms with Gasteiger partial charge in [0, 0.05) is 18.5 Å². The highest BCUT2D eigenvalue weighted by atomic mass is 35.5. The standard InChI is InChI=1S/C24H19Cl2F3N2O8/c1-30-19(35)22(25)8-13-10(4-5-11-15(13)18(34)31(17(11)33)21(37)38-2)16(23(22,26)20(30)36)12-7-9(3-6-14(12)32)39-24(27,28)29/h3-4,6-7,11,13,15-16,32H,5,8H2,1-2H3/t11-,13+,15-,16+,22+,23-/m0/s1. The maximum atomic E-state index is 13.5. The van der Waals surface area contributed by atoms with Gasteiger partial charge in [-0.3, -0.25) is 24.1 Å². The van der Waals surface area contributed by atoms with Gasteiger partial charge in [-0.15, -0.1) is 36.4 Å². The van der Waals surface area contributed by atoms with Crippen molar-refractivity contribution >= 4 is 52.9 Å². The van der Waals surface area contributed by atoms with Gasteiger partial charge < -0.3 is 14.6 Å². The van der Waals surface area contributed by atoms with Crippen molar-refractivity contribution < 1.29 is 51.7 Å². The van der Waals surface area contributed by atoms with Gasteiger partial charge in [0.2, 0.25) is 11.8 Å². The van der Waals surface area contributed by atoms with Crippen molar-refractivity contribution in [2.24, 2.45) is 17.8 Å². The highest BCUT2D eigenvalue weighted by molar-refractivity contribution is 6.53. The number of phenols is 1. The number of methoxy groups -OCH3 is 1. The number of hydrogen-bond donors (Lipinski definition) is 1. The lowest BCUT2D eigenvalue weighted by molar-refractivity contribution is -0.274. The summed E-state index contributed by atoms with van der Waals surface area (Å²) in [5.74, 6) is -9.82. The number of ether oxygens (including phenoxy) is 2. The molecular weight excluding hydrogens is 572 g/mol. The van der Waals surface area contributed by atoms with Crippen molar-refractivity contribution in [3.63, 3.8) is 0 Å². The fraction of sp³-hybridized carbons (Fsp3) is 0.458. The zero-order chi connectivity index (χ0) is 28.8. The summed E-state index contributed by atoms with van der Waals surface area (Å²) in [6.07, 6.45) is -5.34. The molecule has 1 aromatic carbocycles. The summed E-state index contributed by atoms with van der Waals surface area (Å²) >= 11 is 13.8. The van der Waals surface area contributed by atoms with Gasteiger partial charge in [-0.25, -0.2) is 4.79 Å². The van der Waals surface area contributed by atoms with Gasteiger partial charge in [-0.05, 0) is 37.0 Å². The largest absolute Gasteiger partial charge is 0.573 e. The van der Waals surface area contributed by atoms with Gasteiger partial charge in [-0.2, -0.15) is 4.90 Å². The first kappa shape index (κ1) is 27.3. The number of phenolic OH excluding ortho intramolecular Hbond substituents is 1. The van der Waals surface area contributed by atoms with E-state index in [1.165, 1.54) is 6.08 Å². The maximum Gasteiger partial charge on any atom is 0.573 e. The molecular formula is C24H19Cl2F3N2O8. The number of halogens is 5. The minimum Gasteiger partial charge on any atom is -0.508 e. The number of aromatic hydroxyl groups is 1. The summed E-state index contributed by atoms with van der Waals surface area (Å²) in [7, 11) is 2.11. The molecule has 0 spiro atoms. The van der Waals surface area contributed by atoms with Crippen LogP contribution >= 0.6 is 23.2 Å². The molecule has 15 heteroatoms. The van der Waals surface area contributed by atoms with Gasteiger partial charge in [0.05, 0.1) is 18.9 Å². The summed E-state index contributed by atoms with van der Waals surface area (Å²) in [4.78, 5) is 61.8. The van der Waals surface area contributed by atoms with E-state index in [2.05, 4.69) is 9.47 Å². The Morgan fingerprint density at radius 3 is 2.38 bits per heavy atom. The molecule has 5 amide bonds. The molecule has 0 unspecified atom stereocenters. The minimum atomic E-state index is -5.09. The van der Waals surface area contributed by atoms with Crippen LogP contribution in [0, 0.1) is 17.8 Å². The number of hydrogen-bond acceptors (Lipinski definition) is 8. The molecule has 2 saturated heterocycles. The summed E-state index contributed by atoms with van der Waals surface area (Å²) in [6.45, 7) is 0. The third kappa shape index (κ3) is 3.58. The fourth-order valence-electron chi connectivity index (χ4n) is 6.32. The van der Waals surface area contributed by atoms with Crippen molar-refractivity contribution in [1.29, 1.82) is 0 Å². The van der Waals surface area contributed by atoms with Crippen LogP contribution in [0.3, 0.4) is 0 Å². The molecule has 1 aromatic rings. The van der Waals surface area contributed by atoms with Crippen molar-refractivity contribution in [3.8, 4) is 11.5 Å². The molecule has 3 fully saturated rings. The van der Waals surface area contributed by atoms with E-state index in [1.807, 2.05) is 0 Å². The van der Waals surface area contributed by atoms with Gasteiger partial charge in [-0.1, -0.05) is 11.6 Å². The van der Waals surface area contributed by atoms with Crippen LogP contribution in [0.4, 0.5) is 18.0 Å². The molecule has 5 rings (SSSR count). The van der Waals surface area contributed by atoms with Crippen molar-refractivity contribution in [2.45, 2.75) is 34.9 Å². The number of carbonyl (C=O) groups is 5. The zero-order valence-electron chi connectivity index (χ0n) is 20.1. The van der Waals surface area contributed by atoms with Crippen LogP contribution in [-0.2, 0) is 23.9 Å². The van der Waals surface area contributed by atoms with Crippen LogP contribution in [0.2, 0.25) is 0 Å². The second-order valence-electron chi connectivity index (χ2n) is 9.75. The van der Waals surface area contributed by atoms with E-state index in [4.69, 9.17) is 23.2 Å². The number of likely N-dealkylation sites (tertiary alicyclic amines) is 2. The SMILES string of the molecule is COC(=O)N1C(=O)[C@H]2[C@H](CC=C3[C@H]2C[C@@]2(Cl)C(=O)N(C)C(=O)[C@@]2(Cl)[C@H]3c2cc(OC(F)(F)F)ccc2O)C1=O. The summed E-state index contributed by atoms with van der Waals surface area (Å²) in [6, 6.07) is 2.56. The molecule has 0 aromatic heterocycles. The summed E-state index contributed by atoms with van der Waals surface area (Å²) < 4.78 is 47.5. The number of rotatable bonds is 2. The van der Waals surface area contributed by atoms with E-state index in [0.29, 0.717) is 9.80 Å².